The first-order valence-corrected chi connectivity index (χ1v) is 11.0. The van der Waals surface area contributed by atoms with Crippen LogP contribution in [0.15, 0.2) is 24.3 Å². The van der Waals surface area contributed by atoms with Gasteiger partial charge in [-0.1, -0.05) is 12.1 Å². The van der Waals surface area contributed by atoms with Gasteiger partial charge in [0.2, 0.25) is 11.8 Å². The molecule has 0 aromatic heterocycles. The van der Waals surface area contributed by atoms with Crippen LogP contribution >= 0.6 is 0 Å². The summed E-state index contributed by atoms with van der Waals surface area (Å²) in [4.78, 5) is 27.8. The molecular formula is C19H28N2O5S. The van der Waals surface area contributed by atoms with E-state index in [-0.39, 0.29) is 35.8 Å². The van der Waals surface area contributed by atoms with Gasteiger partial charge in [0.1, 0.15) is 5.75 Å². The Hall–Kier alpha value is -2.09. The second kappa shape index (κ2) is 9.21. The highest BCUT2D eigenvalue weighted by atomic mass is 32.2. The van der Waals surface area contributed by atoms with Crippen molar-refractivity contribution in [2.75, 3.05) is 31.7 Å². The maximum atomic E-state index is 12.6. The largest absolute Gasteiger partial charge is 0.497 e. The van der Waals surface area contributed by atoms with Gasteiger partial charge in [-0.25, -0.2) is 8.42 Å². The van der Waals surface area contributed by atoms with E-state index in [1.807, 2.05) is 31.2 Å². The number of benzene rings is 1. The number of amides is 2. The van der Waals surface area contributed by atoms with Gasteiger partial charge in [-0.05, 0) is 31.0 Å². The van der Waals surface area contributed by atoms with Crippen molar-refractivity contribution >= 4 is 21.7 Å². The van der Waals surface area contributed by atoms with Crippen molar-refractivity contribution in [2.24, 2.45) is 0 Å². The average molecular weight is 397 g/mol. The molecule has 8 heteroatoms. The molecule has 1 aromatic carbocycles. The van der Waals surface area contributed by atoms with Crippen LogP contribution in [0.1, 0.15) is 32.3 Å². The van der Waals surface area contributed by atoms with Crippen LogP contribution in [0, 0.1) is 0 Å². The Morgan fingerprint density at radius 3 is 2.37 bits per heavy atom. The number of rotatable bonds is 8. The SMILES string of the molecule is CCN(C(=O)CCN(Cc1ccc(OC)cc1)C(C)=O)C1CCS(=O)(=O)C1. The predicted octanol–water partition coefficient (Wildman–Crippen LogP) is 1.47. The highest BCUT2D eigenvalue weighted by Crippen LogP contribution is 2.19. The topological polar surface area (TPSA) is 84.0 Å². The van der Waals surface area contributed by atoms with Crippen molar-refractivity contribution in [3.63, 3.8) is 0 Å². The van der Waals surface area contributed by atoms with E-state index in [1.54, 1.807) is 16.9 Å². The van der Waals surface area contributed by atoms with E-state index in [0.29, 0.717) is 26.1 Å². The lowest BCUT2D eigenvalue weighted by atomic mass is 10.2. The molecule has 0 aliphatic carbocycles. The van der Waals surface area contributed by atoms with Gasteiger partial charge < -0.3 is 14.5 Å². The standard InChI is InChI=1S/C19H28N2O5S/c1-4-21(17-10-12-27(24,25)14-17)19(23)9-11-20(15(2)22)13-16-5-7-18(26-3)8-6-16/h5-8,17H,4,9-14H2,1-3H3. The number of nitrogens with zero attached hydrogens (tertiary/aromatic N) is 2. The predicted molar refractivity (Wildman–Crippen MR) is 103 cm³/mol. The van der Waals surface area contributed by atoms with E-state index in [4.69, 9.17) is 4.74 Å². The van der Waals surface area contributed by atoms with Crippen molar-refractivity contribution in [1.29, 1.82) is 0 Å². The zero-order valence-corrected chi connectivity index (χ0v) is 17.0. The normalized spacial score (nSPS) is 18.1. The first kappa shape index (κ1) is 21.2. The molecule has 1 aliphatic heterocycles. The van der Waals surface area contributed by atoms with Gasteiger partial charge in [0, 0.05) is 39.0 Å². The van der Waals surface area contributed by atoms with E-state index in [2.05, 4.69) is 0 Å². The second-order valence-electron chi connectivity index (χ2n) is 6.78. The molecule has 1 atom stereocenters. The van der Waals surface area contributed by atoms with Crippen molar-refractivity contribution in [3.8, 4) is 5.75 Å². The molecule has 0 N–H and O–H groups in total. The summed E-state index contributed by atoms with van der Waals surface area (Å²) in [5.74, 6) is 0.701. The summed E-state index contributed by atoms with van der Waals surface area (Å²) < 4.78 is 28.5. The van der Waals surface area contributed by atoms with Crippen LogP contribution < -0.4 is 4.74 Å². The van der Waals surface area contributed by atoms with E-state index in [0.717, 1.165) is 11.3 Å². The Kier molecular flexibility index (Phi) is 7.24. The van der Waals surface area contributed by atoms with Crippen LogP contribution in [0.25, 0.3) is 0 Å². The highest BCUT2D eigenvalue weighted by Gasteiger charge is 2.33. The number of hydrogen-bond donors (Lipinski definition) is 0. The minimum absolute atomic E-state index is 0.0366. The molecule has 0 spiro atoms. The Bertz CT molecular complexity index is 761. The summed E-state index contributed by atoms with van der Waals surface area (Å²) in [5, 5.41) is 0. The molecule has 1 saturated heterocycles. The van der Waals surface area contributed by atoms with Gasteiger partial charge in [0.05, 0.1) is 18.6 Å². The molecule has 2 rings (SSSR count). The van der Waals surface area contributed by atoms with Crippen molar-refractivity contribution in [2.45, 2.75) is 39.3 Å². The van der Waals surface area contributed by atoms with Gasteiger partial charge in [0.15, 0.2) is 9.84 Å². The van der Waals surface area contributed by atoms with Gasteiger partial charge in [-0.2, -0.15) is 0 Å². The molecule has 0 bridgehead atoms. The minimum Gasteiger partial charge on any atom is -0.497 e. The summed E-state index contributed by atoms with van der Waals surface area (Å²) in [6, 6.07) is 7.19. The van der Waals surface area contributed by atoms with Crippen LogP contribution in [0.2, 0.25) is 0 Å². The zero-order chi connectivity index (χ0) is 20.0. The third-order valence-electron chi connectivity index (χ3n) is 4.88. The molecule has 0 saturated carbocycles. The molecule has 2 amide bonds. The van der Waals surface area contributed by atoms with Crippen LogP contribution in [-0.4, -0.2) is 67.8 Å². The van der Waals surface area contributed by atoms with Crippen LogP contribution in [0.4, 0.5) is 0 Å². The van der Waals surface area contributed by atoms with Crippen LogP contribution in [0.3, 0.4) is 0 Å². The zero-order valence-electron chi connectivity index (χ0n) is 16.2. The highest BCUT2D eigenvalue weighted by molar-refractivity contribution is 7.91. The lowest BCUT2D eigenvalue weighted by Gasteiger charge is -2.28. The number of hydrogen-bond acceptors (Lipinski definition) is 5. The lowest BCUT2D eigenvalue weighted by Crippen LogP contribution is -2.42. The van der Waals surface area contributed by atoms with Gasteiger partial charge in [-0.15, -0.1) is 0 Å². The maximum absolute atomic E-state index is 12.6. The first-order chi connectivity index (χ1) is 12.8. The minimum atomic E-state index is -3.04. The van der Waals surface area contributed by atoms with E-state index in [9.17, 15) is 18.0 Å². The summed E-state index contributed by atoms with van der Waals surface area (Å²) >= 11 is 0. The van der Waals surface area contributed by atoms with Crippen LogP contribution in [-0.2, 0) is 26.0 Å². The number of ether oxygens (including phenoxy) is 1. The smallest absolute Gasteiger partial charge is 0.224 e. The molecule has 150 valence electrons. The summed E-state index contributed by atoms with van der Waals surface area (Å²) in [6.07, 6.45) is 0.671. The molecular weight excluding hydrogens is 368 g/mol. The Morgan fingerprint density at radius 1 is 1.22 bits per heavy atom. The van der Waals surface area contributed by atoms with E-state index >= 15 is 0 Å². The molecule has 0 radical (unpaired) electrons. The van der Waals surface area contributed by atoms with Gasteiger partial charge >= 0.3 is 0 Å². The molecule has 1 aromatic rings. The number of methoxy groups -OCH3 is 1. The molecule has 7 nitrogen and oxygen atoms in total. The van der Waals surface area contributed by atoms with Gasteiger partial charge in [-0.3, -0.25) is 9.59 Å². The van der Waals surface area contributed by atoms with Crippen LogP contribution in [0.5, 0.6) is 5.75 Å². The third kappa shape index (κ3) is 5.95. The maximum Gasteiger partial charge on any atom is 0.224 e. The summed E-state index contributed by atoms with van der Waals surface area (Å²) in [5.41, 5.74) is 0.952. The number of sulfone groups is 1. The monoisotopic (exact) mass is 396 g/mol. The van der Waals surface area contributed by atoms with E-state index in [1.165, 1.54) is 6.92 Å². The quantitative estimate of drug-likeness (QED) is 0.664. The lowest BCUT2D eigenvalue weighted by molar-refractivity contribution is -0.134. The molecule has 1 aliphatic rings. The summed E-state index contributed by atoms with van der Waals surface area (Å²) in [6.45, 7) is 4.52. The fourth-order valence-electron chi connectivity index (χ4n) is 3.33. The number of carbonyl (C=O) groups is 2. The summed E-state index contributed by atoms with van der Waals surface area (Å²) in [7, 11) is -1.45. The fourth-order valence-corrected chi connectivity index (χ4v) is 5.06. The van der Waals surface area contributed by atoms with Gasteiger partial charge in [0.25, 0.3) is 0 Å². The Labute approximate surface area is 161 Å². The Balaban J connectivity index is 1.95. The van der Waals surface area contributed by atoms with Crippen molar-refractivity contribution in [3.05, 3.63) is 29.8 Å². The van der Waals surface area contributed by atoms with Crippen molar-refractivity contribution in [1.82, 2.24) is 9.80 Å². The van der Waals surface area contributed by atoms with Crippen molar-refractivity contribution < 1.29 is 22.7 Å². The molecule has 1 fully saturated rings. The number of carbonyl (C=O) groups excluding carboxylic acids is 2. The van der Waals surface area contributed by atoms with E-state index < -0.39 is 9.84 Å². The third-order valence-corrected chi connectivity index (χ3v) is 6.63. The average Bonchev–Trinajstić information content (AvgIpc) is 2.99. The first-order valence-electron chi connectivity index (χ1n) is 9.14. The molecule has 1 unspecified atom stereocenters. The second-order valence-corrected chi connectivity index (χ2v) is 9.00. The molecule has 1 heterocycles. The Morgan fingerprint density at radius 2 is 1.89 bits per heavy atom. The fraction of sp³-hybridized carbons (Fsp3) is 0.579. The molecule has 27 heavy (non-hydrogen) atoms.